The van der Waals surface area contributed by atoms with Crippen molar-refractivity contribution < 1.29 is 14.0 Å². The highest BCUT2D eigenvalue weighted by molar-refractivity contribution is 6.25. The summed E-state index contributed by atoms with van der Waals surface area (Å²) in [7, 11) is 0. The number of hydrogen-bond acceptors (Lipinski definition) is 4. The predicted molar refractivity (Wildman–Crippen MR) is 85.5 cm³/mol. The second-order valence-corrected chi connectivity index (χ2v) is 5.32. The van der Waals surface area contributed by atoms with Crippen molar-refractivity contribution in [1.82, 2.24) is 5.01 Å². The Morgan fingerprint density at radius 1 is 0.957 bits per heavy atom. The number of benzene rings is 2. The summed E-state index contributed by atoms with van der Waals surface area (Å²) in [5.41, 5.74) is 0.955. The number of furan rings is 1. The molecule has 5 heteroatoms. The second kappa shape index (κ2) is 4.91. The van der Waals surface area contributed by atoms with Gasteiger partial charge in [-0.05, 0) is 36.6 Å². The molecule has 0 fully saturated rings. The predicted octanol–water partition coefficient (Wildman–Crippen LogP) is 3.37. The van der Waals surface area contributed by atoms with Crippen LogP contribution >= 0.6 is 0 Å². The molecule has 4 rings (SSSR count). The third-order valence-electron chi connectivity index (χ3n) is 3.81. The van der Waals surface area contributed by atoms with E-state index in [0.717, 1.165) is 16.2 Å². The smallest absolute Gasteiger partial charge is 0.282 e. The van der Waals surface area contributed by atoms with Gasteiger partial charge in [-0.15, -0.1) is 0 Å². The van der Waals surface area contributed by atoms with Crippen molar-refractivity contribution in [3.63, 3.8) is 0 Å². The number of rotatable bonds is 2. The normalized spacial score (nSPS) is 14.2. The van der Waals surface area contributed by atoms with Crippen molar-refractivity contribution in [2.75, 3.05) is 0 Å². The summed E-state index contributed by atoms with van der Waals surface area (Å²) in [6, 6.07) is 14.3. The number of hydrogen-bond donors (Lipinski definition) is 0. The first-order valence-electron chi connectivity index (χ1n) is 7.16. The van der Waals surface area contributed by atoms with Gasteiger partial charge in [-0.1, -0.05) is 24.3 Å². The molecule has 1 aromatic heterocycles. The van der Waals surface area contributed by atoms with Crippen LogP contribution in [0.2, 0.25) is 0 Å². The summed E-state index contributed by atoms with van der Waals surface area (Å²) in [5.74, 6) is 0.357. The van der Waals surface area contributed by atoms with E-state index in [0.29, 0.717) is 22.3 Å². The Bertz CT molecular complexity index is 934. The molecule has 3 aromatic rings. The summed E-state index contributed by atoms with van der Waals surface area (Å²) >= 11 is 0. The Hall–Kier alpha value is -3.21. The molecule has 1 aliphatic rings. The first-order valence-corrected chi connectivity index (χ1v) is 7.16. The van der Waals surface area contributed by atoms with Gasteiger partial charge in [0.05, 0.1) is 17.3 Å². The minimum atomic E-state index is -0.432. The molecule has 0 unspecified atom stereocenters. The average Bonchev–Trinajstić information content (AvgIpc) is 2.98. The zero-order valence-electron chi connectivity index (χ0n) is 12.3. The Balaban J connectivity index is 1.81. The largest absolute Gasteiger partial charge is 0.460 e. The van der Waals surface area contributed by atoms with E-state index in [1.165, 1.54) is 6.21 Å². The Morgan fingerprint density at radius 3 is 2.17 bits per heavy atom. The van der Waals surface area contributed by atoms with E-state index >= 15 is 0 Å². The molecule has 5 nitrogen and oxygen atoms in total. The van der Waals surface area contributed by atoms with Crippen molar-refractivity contribution >= 4 is 28.8 Å². The number of aryl methyl sites for hydroxylation is 1. The van der Waals surface area contributed by atoms with Gasteiger partial charge in [0.25, 0.3) is 11.8 Å². The molecule has 23 heavy (non-hydrogen) atoms. The van der Waals surface area contributed by atoms with E-state index in [9.17, 15) is 9.59 Å². The van der Waals surface area contributed by atoms with E-state index < -0.39 is 11.8 Å². The van der Waals surface area contributed by atoms with Crippen LogP contribution in [0.1, 0.15) is 32.2 Å². The van der Waals surface area contributed by atoms with Crippen LogP contribution < -0.4 is 0 Å². The lowest BCUT2D eigenvalue weighted by molar-refractivity contribution is 0.0616. The van der Waals surface area contributed by atoms with Crippen molar-refractivity contribution in [3.8, 4) is 0 Å². The fraction of sp³-hybridized carbons (Fsp3) is 0.0556. The fourth-order valence-corrected chi connectivity index (χ4v) is 2.76. The molecule has 0 saturated carbocycles. The molecule has 0 N–H and O–H groups in total. The summed E-state index contributed by atoms with van der Waals surface area (Å²) in [5, 5.41) is 6.47. The van der Waals surface area contributed by atoms with E-state index in [4.69, 9.17) is 4.42 Å². The van der Waals surface area contributed by atoms with E-state index in [1.54, 1.807) is 36.4 Å². The van der Waals surface area contributed by atoms with Crippen molar-refractivity contribution in [1.29, 1.82) is 0 Å². The molecule has 0 radical (unpaired) electrons. The van der Waals surface area contributed by atoms with Crippen LogP contribution in [0.15, 0.2) is 58.0 Å². The number of amides is 2. The van der Waals surface area contributed by atoms with Gasteiger partial charge >= 0.3 is 0 Å². The summed E-state index contributed by atoms with van der Waals surface area (Å²) in [6.45, 7) is 1.81. The Kier molecular flexibility index (Phi) is 2.87. The van der Waals surface area contributed by atoms with Gasteiger partial charge in [0.2, 0.25) is 0 Å². The summed E-state index contributed by atoms with van der Waals surface area (Å²) in [6.07, 6.45) is 1.37. The minimum Gasteiger partial charge on any atom is -0.460 e. The number of imide groups is 1. The Morgan fingerprint density at radius 2 is 1.61 bits per heavy atom. The number of nitrogens with zero attached hydrogens (tertiary/aromatic N) is 2. The molecule has 2 heterocycles. The highest BCUT2D eigenvalue weighted by Gasteiger charge is 2.32. The van der Waals surface area contributed by atoms with Crippen LogP contribution in [-0.4, -0.2) is 23.0 Å². The van der Waals surface area contributed by atoms with E-state index in [1.807, 2.05) is 19.1 Å². The van der Waals surface area contributed by atoms with E-state index in [2.05, 4.69) is 5.10 Å². The molecule has 0 aliphatic carbocycles. The first kappa shape index (κ1) is 13.5. The molecule has 2 amide bonds. The fourth-order valence-electron chi connectivity index (χ4n) is 2.76. The van der Waals surface area contributed by atoms with Crippen LogP contribution in [0.3, 0.4) is 0 Å². The third kappa shape index (κ3) is 2.05. The first-order chi connectivity index (χ1) is 11.1. The van der Waals surface area contributed by atoms with Crippen LogP contribution in [-0.2, 0) is 0 Å². The molecular formula is C18H12N2O3. The number of hydrazone groups is 1. The maximum absolute atomic E-state index is 12.6. The highest BCUT2D eigenvalue weighted by atomic mass is 16.3. The van der Waals surface area contributed by atoms with Crippen LogP contribution in [0.25, 0.3) is 10.8 Å². The molecular weight excluding hydrogens is 292 g/mol. The Labute approximate surface area is 131 Å². The molecule has 0 spiro atoms. The maximum Gasteiger partial charge on any atom is 0.282 e. The second-order valence-electron chi connectivity index (χ2n) is 5.32. The lowest BCUT2D eigenvalue weighted by Crippen LogP contribution is -2.36. The van der Waals surface area contributed by atoms with Gasteiger partial charge < -0.3 is 4.42 Å². The molecule has 1 aliphatic heterocycles. The highest BCUT2D eigenvalue weighted by Crippen LogP contribution is 2.29. The van der Waals surface area contributed by atoms with Gasteiger partial charge in [0, 0.05) is 5.39 Å². The monoisotopic (exact) mass is 304 g/mol. The third-order valence-corrected chi connectivity index (χ3v) is 3.81. The minimum absolute atomic E-state index is 0.432. The lowest BCUT2D eigenvalue weighted by atomic mass is 9.95. The van der Waals surface area contributed by atoms with Crippen LogP contribution in [0.5, 0.6) is 0 Å². The standard InChI is InChI=1S/C18H12N2O3/c1-11-8-9-13(23-11)10-19-20-17(21)14-6-2-4-12-5-3-7-15(16(12)14)18(20)22/h2-10H,1H3/b19-10-. The van der Waals surface area contributed by atoms with Gasteiger partial charge in [-0.3, -0.25) is 9.59 Å². The summed E-state index contributed by atoms with van der Waals surface area (Å²) in [4.78, 5) is 25.2. The molecule has 112 valence electrons. The number of carbonyl (C=O) groups is 2. The van der Waals surface area contributed by atoms with Crippen LogP contribution in [0, 0.1) is 6.92 Å². The van der Waals surface area contributed by atoms with Gasteiger partial charge in [-0.2, -0.15) is 10.1 Å². The molecule has 2 aromatic carbocycles. The quantitative estimate of drug-likeness (QED) is 0.538. The molecule has 0 bridgehead atoms. The van der Waals surface area contributed by atoms with Gasteiger partial charge in [0.1, 0.15) is 11.5 Å². The van der Waals surface area contributed by atoms with Crippen molar-refractivity contribution in [2.45, 2.75) is 6.92 Å². The molecule has 0 saturated heterocycles. The topological polar surface area (TPSA) is 62.9 Å². The van der Waals surface area contributed by atoms with Crippen molar-refractivity contribution in [2.24, 2.45) is 5.10 Å². The number of carbonyl (C=O) groups excluding carboxylic acids is 2. The zero-order valence-corrected chi connectivity index (χ0v) is 12.3. The van der Waals surface area contributed by atoms with Gasteiger partial charge in [-0.25, -0.2) is 0 Å². The maximum atomic E-state index is 12.6. The van der Waals surface area contributed by atoms with Crippen LogP contribution in [0.4, 0.5) is 0 Å². The van der Waals surface area contributed by atoms with Gasteiger partial charge in [0.15, 0.2) is 0 Å². The molecule has 0 atom stereocenters. The van der Waals surface area contributed by atoms with Crippen molar-refractivity contribution in [3.05, 3.63) is 71.2 Å². The average molecular weight is 304 g/mol. The lowest BCUT2D eigenvalue weighted by Gasteiger charge is -2.22. The SMILES string of the molecule is Cc1ccc(/C=N\N2C(=O)c3cccc4cccc(c34)C2=O)o1. The summed E-state index contributed by atoms with van der Waals surface area (Å²) < 4.78 is 5.37. The van der Waals surface area contributed by atoms with E-state index in [-0.39, 0.29) is 0 Å². The zero-order chi connectivity index (χ0) is 16.0.